The van der Waals surface area contributed by atoms with Crippen LogP contribution < -0.4 is 21.8 Å². The van der Waals surface area contributed by atoms with E-state index in [0.717, 1.165) is 57.9 Å². The third-order valence-corrected chi connectivity index (χ3v) is 9.02. The zero-order chi connectivity index (χ0) is 36.8. The van der Waals surface area contributed by atoms with Gasteiger partial charge < -0.3 is 25.4 Å². The van der Waals surface area contributed by atoms with Crippen molar-refractivity contribution >= 4 is 19.5 Å². The molecule has 1 amide bonds. The molecule has 0 bridgehead atoms. The van der Waals surface area contributed by atoms with Crippen LogP contribution in [0.1, 0.15) is 71.4 Å². The third-order valence-electron chi connectivity index (χ3n) is 7.32. The Balaban J connectivity index is 1.62. The summed E-state index contributed by atoms with van der Waals surface area (Å²) < 4.78 is 59.0. The standard InChI is InChI=1S/C35H52F2N5O7P/c1-4-5-6-7-8-9-10-11-12-13-14-15-16-17-18-19-20-21-22-23-30(43)39-25-26-40-50(46,47-3)49-28(2)31-32(44)35(36,37)33(48-31)42-27-24-29(38)41-34(42)45/h5-6,8-9,11-12,14-15,17-18,20-21,24,27-28,31-33,44H,4,7,10,13,16,19,22-23,25-26H2,1-3H3,(H,39,43)(H,40,46)(H2,38,41,45)/b6-5-,9-8-,12-11-,15-14-,18-17-,21-20-/t28?,31-,32-,33-,50?/m1/s1. The highest BCUT2D eigenvalue weighted by atomic mass is 31.2. The molecule has 2 heterocycles. The van der Waals surface area contributed by atoms with Gasteiger partial charge in [-0.1, -0.05) is 79.8 Å². The van der Waals surface area contributed by atoms with E-state index in [-0.39, 0.29) is 31.2 Å². The summed E-state index contributed by atoms with van der Waals surface area (Å²) in [6.07, 6.45) is 25.0. The van der Waals surface area contributed by atoms with E-state index in [4.69, 9.17) is 19.5 Å². The Hall–Kier alpha value is -3.52. The Morgan fingerprint density at radius 2 is 1.58 bits per heavy atom. The van der Waals surface area contributed by atoms with Crippen LogP contribution >= 0.6 is 7.75 Å². The first-order valence-corrected chi connectivity index (χ1v) is 18.3. The predicted molar refractivity (Wildman–Crippen MR) is 191 cm³/mol. The molecule has 0 aromatic carbocycles. The number of aliphatic hydroxyl groups is 1. The number of halogens is 2. The van der Waals surface area contributed by atoms with Crippen LogP contribution in [0.15, 0.2) is 90.0 Å². The molecular weight excluding hydrogens is 671 g/mol. The summed E-state index contributed by atoms with van der Waals surface area (Å²) in [4.78, 5) is 27.7. The molecule has 0 aliphatic carbocycles. The Labute approximate surface area is 293 Å². The van der Waals surface area contributed by atoms with Gasteiger partial charge in [-0.25, -0.2) is 14.4 Å². The number of allylic oxidation sites excluding steroid dienone is 12. The van der Waals surface area contributed by atoms with E-state index >= 15 is 0 Å². The minimum Gasteiger partial charge on any atom is -0.384 e. The zero-order valence-electron chi connectivity index (χ0n) is 29.0. The first-order chi connectivity index (χ1) is 23.9. The summed E-state index contributed by atoms with van der Waals surface area (Å²) in [6, 6.07) is 1.13. The van der Waals surface area contributed by atoms with Crippen LogP contribution in [0.25, 0.3) is 0 Å². The van der Waals surface area contributed by atoms with Gasteiger partial charge in [0.1, 0.15) is 11.9 Å². The van der Waals surface area contributed by atoms with Crippen molar-refractivity contribution in [3.8, 4) is 0 Å². The number of hydrogen-bond donors (Lipinski definition) is 4. The van der Waals surface area contributed by atoms with Crippen molar-refractivity contribution in [1.29, 1.82) is 0 Å². The quantitative estimate of drug-likeness (QED) is 0.0592. The second kappa shape index (κ2) is 23.0. The number of alkyl halides is 2. The number of aromatic nitrogens is 2. The van der Waals surface area contributed by atoms with Gasteiger partial charge in [-0.15, -0.1) is 0 Å². The van der Waals surface area contributed by atoms with E-state index in [9.17, 15) is 28.0 Å². The van der Waals surface area contributed by atoms with Gasteiger partial charge in [-0.2, -0.15) is 13.8 Å². The lowest BCUT2D eigenvalue weighted by Gasteiger charge is -2.26. The smallest absolute Gasteiger partial charge is 0.384 e. The minimum atomic E-state index is -4.07. The molecule has 12 nitrogen and oxygen atoms in total. The summed E-state index contributed by atoms with van der Waals surface area (Å²) in [7, 11) is -2.97. The number of carbonyl (C=O) groups is 1. The number of amides is 1. The van der Waals surface area contributed by atoms with E-state index in [1.54, 1.807) is 0 Å². The number of hydrogen-bond acceptors (Lipinski definition) is 9. The molecule has 1 aliphatic rings. The Morgan fingerprint density at radius 1 is 1.04 bits per heavy atom. The van der Waals surface area contributed by atoms with Crippen LogP contribution in [0.4, 0.5) is 14.6 Å². The second-order valence-corrected chi connectivity index (χ2v) is 13.2. The number of nitrogens with two attached hydrogens (primary N) is 1. The van der Waals surface area contributed by atoms with Crippen LogP contribution in [0.5, 0.6) is 0 Å². The van der Waals surface area contributed by atoms with Gasteiger partial charge in [-0.3, -0.25) is 13.9 Å². The first-order valence-electron chi connectivity index (χ1n) is 16.8. The minimum absolute atomic E-state index is 0.0249. The van der Waals surface area contributed by atoms with Crippen molar-refractivity contribution in [3.05, 3.63) is 95.7 Å². The van der Waals surface area contributed by atoms with E-state index in [2.05, 4.69) is 83.1 Å². The van der Waals surface area contributed by atoms with Crippen molar-refractivity contribution in [1.82, 2.24) is 20.0 Å². The fourth-order valence-corrected chi connectivity index (χ4v) is 5.90. The predicted octanol–water partition coefficient (Wildman–Crippen LogP) is 6.06. The van der Waals surface area contributed by atoms with Gasteiger partial charge in [0, 0.05) is 32.8 Å². The lowest BCUT2D eigenvalue weighted by atomic mass is 10.1. The number of nitrogen functional groups attached to an aromatic ring is 1. The molecule has 0 saturated carbocycles. The summed E-state index contributed by atoms with van der Waals surface area (Å²) >= 11 is 0. The average molecular weight is 724 g/mol. The molecule has 1 saturated heterocycles. The summed E-state index contributed by atoms with van der Waals surface area (Å²) in [5.74, 6) is -4.30. The van der Waals surface area contributed by atoms with Crippen molar-refractivity contribution in [3.63, 3.8) is 0 Å². The van der Waals surface area contributed by atoms with E-state index in [1.165, 1.54) is 6.92 Å². The molecule has 5 N–H and O–H groups in total. The van der Waals surface area contributed by atoms with E-state index in [0.29, 0.717) is 11.0 Å². The average Bonchev–Trinajstić information content (AvgIpc) is 3.32. The summed E-state index contributed by atoms with van der Waals surface area (Å²) in [5.41, 5.74) is 4.32. The largest absolute Gasteiger partial charge is 0.405 e. The zero-order valence-corrected chi connectivity index (χ0v) is 29.9. The Kier molecular flexibility index (Phi) is 19.7. The number of nitrogens with zero attached hydrogens (tertiary/aromatic N) is 2. The molecule has 0 spiro atoms. The van der Waals surface area contributed by atoms with Crippen molar-refractivity contribution < 1.29 is 37.0 Å². The maximum absolute atomic E-state index is 14.9. The number of aliphatic hydroxyl groups excluding tert-OH is 1. The van der Waals surface area contributed by atoms with Gasteiger partial charge in [0.05, 0.1) is 6.10 Å². The normalized spacial score (nSPS) is 21.4. The molecule has 2 unspecified atom stereocenters. The van der Waals surface area contributed by atoms with Gasteiger partial charge in [-0.05, 0) is 57.9 Å². The Bertz CT molecular complexity index is 1460. The number of nitrogens with one attached hydrogen (secondary N) is 2. The maximum atomic E-state index is 14.9. The molecule has 1 aromatic heterocycles. The molecule has 2 rings (SSSR count). The number of carbonyl (C=O) groups excluding carboxylic acids is 1. The molecule has 5 atom stereocenters. The highest BCUT2D eigenvalue weighted by molar-refractivity contribution is 7.51. The third kappa shape index (κ3) is 15.2. The van der Waals surface area contributed by atoms with Crippen LogP contribution in [0, 0.1) is 0 Å². The monoisotopic (exact) mass is 723 g/mol. The molecule has 278 valence electrons. The van der Waals surface area contributed by atoms with Gasteiger partial charge in [0.2, 0.25) is 12.1 Å². The maximum Gasteiger partial charge on any atom is 0.405 e. The van der Waals surface area contributed by atoms with Crippen LogP contribution in [0.3, 0.4) is 0 Å². The van der Waals surface area contributed by atoms with Crippen molar-refractivity contribution in [2.75, 3.05) is 25.9 Å². The molecular formula is C35H52F2N5O7P. The highest BCUT2D eigenvalue weighted by Gasteiger charge is 2.61. The topological polar surface area (TPSA) is 167 Å². The second-order valence-electron chi connectivity index (χ2n) is 11.3. The lowest BCUT2D eigenvalue weighted by molar-refractivity contribution is -0.141. The molecule has 0 radical (unpaired) electrons. The van der Waals surface area contributed by atoms with E-state index in [1.807, 2.05) is 12.2 Å². The fraction of sp³-hybridized carbons (Fsp3) is 0.514. The number of anilines is 1. The summed E-state index contributed by atoms with van der Waals surface area (Å²) in [5, 5.41) is 15.5. The first kappa shape index (κ1) is 42.6. The lowest BCUT2D eigenvalue weighted by Crippen LogP contribution is -2.43. The summed E-state index contributed by atoms with van der Waals surface area (Å²) in [6.45, 7) is 3.45. The number of ether oxygens (including phenoxy) is 1. The number of rotatable bonds is 23. The fourth-order valence-electron chi connectivity index (χ4n) is 4.66. The molecule has 50 heavy (non-hydrogen) atoms. The highest BCUT2D eigenvalue weighted by Crippen LogP contribution is 2.48. The van der Waals surface area contributed by atoms with Crippen LogP contribution in [0.2, 0.25) is 0 Å². The Morgan fingerprint density at radius 3 is 2.10 bits per heavy atom. The SMILES string of the molecule is CC/C=C\C/C=C\C/C=C\C/C=C\C/C=C\C/C=C\CCC(=O)NCCNP(=O)(OC)OC(C)[C@H]1O[C@@H](n2ccc(N)nc2=O)C(F)(F)[C@@H]1O. The van der Waals surface area contributed by atoms with Crippen LogP contribution in [-0.4, -0.2) is 65.0 Å². The van der Waals surface area contributed by atoms with E-state index < -0.39 is 43.9 Å². The van der Waals surface area contributed by atoms with Crippen LogP contribution in [-0.2, 0) is 23.1 Å². The van der Waals surface area contributed by atoms with Crippen molar-refractivity contribution in [2.24, 2.45) is 0 Å². The van der Waals surface area contributed by atoms with Gasteiger partial charge in [0.25, 0.3) is 0 Å². The molecule has 1 aliphatic heterocycles. The molecule has 1 aromatic rings. The van der Waals surface area contributed by atoms with Gasteiger partial charge >= 0.3 is 19.4 Å². The van der Waals surface area contributed by atoms with Crippen molar-refractivity contribution in [2.45, 2.75) is 95.7 Å². The molecule has 1 fully saturated rings. The van der Waals surface area contributed by atoms with Gasteiger partial charge in [0.15, 0.2) is 6.10 Å². The molecule has 15 heteroatoms.